The lowest BCUT2D eigenvalue weighted by Crippen LogP contribution is -2.45. The summed E-state index contributed by atoms with van der Waals surface area (Å²) in [7, 11) is -5.03. The Labute approximate surface area is 84.5 Å². The van der Waals surface area contributed by atoms with Gasteiger partial charge in [-0.25, -0.2) is 4.18 Å². The Balaban J connectivity index is 4.44. The Morgan fingerprint density at radius 2 is 1.73 bits per heavy atom. The van der Waals surface area contributed by atoms with Crippen molar-refractivity contribution < 1.29 is 42.4 Å². The van der Waals surface area contributed by atoms with Crippen LogP contribution in [0.4, 0.5) is 0 Å². The van der Waals surface area contributed by atoms with Crippen LogP contribution in [0.5, 0.6) is 0 Å². The fourth-order valence-electron chi connectivity index (χ4n) is 0.621. The average Bonchev–Trinajstić information content (AvgIpc) is 2.11. The van der Waals surface area contributed by atoms with Crippen LogP contribution in [0.1, 0.15) is 0 Å². The molecule has 0 amide bonds. The minimum absolute atomic E-state index is 1.11. The van der Waals surface area contributed by atoms with Crippen molar-refractivity contribution in [1.29, 1.82) is 0 Å². The molecule has 0 aliphatic heterocycles. The number of Topliss-reactive ketones (excluding diaryl/α,β-unsaturated/α-hetero) is 1. The number of aliphatic hydroxyl groups excluding tert-OH is 4. The van der Waals surface area contributed by atoms with Crippen LogP contribution < -0.4 is 0 Å². The van der Waals surface area contributed by atoms with E-state index in [1.807, 2.05) is 0 Å². The molecule has 15 heavy (non-hydrogen) atoms. The Hall–Kier alpha value is -0.620. The van der Waals surface area contributed by atoms with Gasteiger partial charge in [-0.15, -0.1) is 0 Å². The third-order valence-corrected chi connectivity index (χ3v) is 1.76. The number of hydrogen-bond donors (Lipinski definition) is 5. The van der Waals surface area contributed by atoms with Gasteiger partial charge in [0.05, 0.1) is 0 Å². The highest BCUT2D eigenvalue weighted by Crippen LogP contribution is 2.05. The maximum Gasteiger partial charge on any atom is 0.399 e. The standard InChI is InChI=1S/C5H10O9S/c6-1-2(7)3(8)4(9)5(10)14-15(11,12)13/h3-6,8-10H,1H2,(H,11,12,13). The van der Waals surface area contributed by atoms with Gasteiger partial charge in [0.1, 0.15) is 18.8 Å². The van der Waals surface area contributed by atoms with E-state index in [1.165, 1.54) is 0 Å². The van der Waals surface area contributed by atoms with Gasteiger partial charge in [0.2, 0.25) is 6.29 Å². The van der Waals surface area contributed by atoms with Gasteiger partial charge >= 0.3 is 10.4 Å². The topological polar surface area (TPSA) is 162 Å². The van der Waals surface area contributed by atoms with Gasteiger partial charge < -0.3 is 20.4 Å². The first-order valence-electron chi connectivity index (χ1n) is 3.52. The third kappa shape index (κ3) is 5.13. The highest BCUT2D eigenvalue weighted by Gasteiger charge is 2.32. The summed E-state index contributed by atoms with van der Waals surface area (Å²) >= 11 is 0. The lowest BCUT2D eigenvalue weighted by molar-refractivity contribution is -0.161. The molecule has 0 aromatic heterocycles. The highest BCUT2D eigenvalue weighted by molar-refractivity contribution is 7.80. The molecule has 0 saturated carbocycles. The van der Waals surface area contributed by atoms with E-state index in [-0.39, 0.29) is 0 Å². The lowest BCUT2D eigenvalue weighted by Gasteiger charge is -2.19. The molecular formula is C5H10O9S. The summed E-state index contributed by atoms with van der Waals surface area (Å²) in [6.45, 7) is -1.11. The van der Waals surface area contributed by atoms with E-state index in [0.717, 1.165) is 0 Å². The predicted octanol–water partition coefficient (Wildman–Crippen LogP) is -3.59. The molecule has 0 aliphatic carbocycles. The molecule has 10 heteroatoms. The highest BCUT2D eigenvalue weighted by atomic mass is 32.3. The molecule has 0 spiro atoms. The van der Waals surface area contributed by atoms with Gasteiger partial charge in [0.25, 0.3) is 0 Å². The summed E-state index contributed by atoms with van der Waals surface area (Å²) in [5, 5.41) is 34.8. The normalized spacial score (nSPS) is 18.2. The average molecular weight is 246 g/mol. The van der Waals surface area contributed by atoms with Gasteiger partial charge in [-0.2, -0.15) is 8.42 Å². The van der Waals surface area contributed by atoms with Crippen LogP contribution in [0.2, 0.25) is 0 Å². The van der Waals surface area contributed by atoms with Crippen LogP contribution >= 0.6 is 0 Å². The molecule has 3 unspecified atom stereocenters. The second-order valence-electron chi connectivity index (χ2n) is 2.47. The molecule has 5 N–H and O–H groups in total. The predicted molar refractivity (Wildman–Crippen MR) is 42.7 cm³/mol. The number of ketones is 1. The fourth-order valence-corrected chi connectivity index (χ4v) is 0.984. The Bertz CT molecular complexity index is 308. The van der Waals surface area contributed by atoms with Crippen molar-refractivity contribution >= 4 is 16.2 Å². The zero-order valence-corrected chi connectivity index (χ0v) is 8.03. The van der Waals surface area contributed by atoms with E-state index in [0.29, 0.717) is 0 Å². The summed E-state index contributed by atoms with van der Waals surface area (Å²) in [5.41, 5.74) is 0. The van der Waals surface area contributed by atoms with Crippen LogP contribution in [-0.4, -0.2) is 64.3 Å². The van der Waals surface area contributed by atoms with Gasteiger partial charge in [-0.1, -0.05) is 0 Å². The van der Waals surface area contributed by atoms with Crippen molar-refractivity contribution in [2.75, 3.05) is 6.61 Å². The minimum atomic E-state index is -5.03. The molecule has 0 fully saturated rings. The number of hydrogen-bond acceptors (Lipinski definition) is 8. The molecule has 0 radical (unpaired) electrons. The van der Waals surface area contributed by atoms with E-state index < -0.39 is 41.3 Å². The van der Waals surface area contributed by atoms with Crippen molar-refractivity contribution in [3.8, 4) is 0 Å². The van der Waals surface area contributed by atoms with E-state index in [2.05, 4.69) is 4.18 Å². The second kappa shape index (κ2) is 5.46. The van der Waals surface area contributed by atoms with E-state index in [9.17, 15) is 13.2 Å². The molecule has 9 nitrogen and oxygen atoms in total. The van der Waals surface area contributed by atoms with Crippen molar-refractivity contribution in [3.05, 3.63) is 0 Å². The minimum Gasteiger partial charge on any atom is -0.388 e. The van der Waals surface area contributed by atoms with Crippen molar-refractivity contribution in [2.45, 2.75) is 18.5 Å². The molecule has 90 valence electrons. The monoisotopic (exact) mass is 246 g/mol. The van der Waals surface area contributed by atoms with Crippen molar-refractivity contribution in [3.63, 3.8) is 0 Å². The van der Waals surface area contributed by atoms with Gasteiger partial charge in [0.15, 0.2) is 5.78 Å². The summed E-state index contributed by atoms with van der Waals surface area (Å²) in [4.78, 5) is 10.6. The number of carbonyl (C=O) groups excluding carboxylic acids is 1. The quantitative estimate of drug-likeness (QED) is 0.235. The summed E-state index contributed by atoms with van der Waals surface area (Å²) in [5.74, 6) is -1.25. The molecular weight excluding hydrogens is 236 g/mol. The molecule has 0 saturated heterocycles. The first kappa shape index (κ1) is 14.4. The Morgan fingerprint density at radius 3 is 2.07 bits per heavy atom. The Morgan fingerprint density at radius 1 is 1.27 bits per heavy atom. The molecule has 0 rings (SSSR count). The molecule has 0 heterocycles. The van der Waals surface area contributed by atoms with Gasteiger partial charge in [-0.3, -0.25) is 9.35 Å². The zero-order valence-electron chi connectivity index (χ0n) is 7.22. The molecule has 0 aliphatic rings. The fraction of sp³-hybridized carbons (Fsp3) is 0.800. The van der Waals surface area contributed by atoms with Crippen molar-refractivity contribution in [1.82, 2.24) is 0 Å². The first-order chi connectivity index (χ1) is 6.69. The number of carbonyl (C=O) groups is 1. The van der Waals surface area contributed by atoms with Gasteiger partial charge in [-0.05, 0) is 0 Å². The van der Waals surface area contributed by atoms with Gasteiger partial charge in [0, 0.05) is 0 Å². The van der Waals surface area contributed by atoms with Crippen LogP contribution in [0.15, 0.2) is 0 Å². The summed E-state index contributed by atoms with van der Waals surface area (Å²) in [6.07, 6.45) is -7.07. The second-order valence-corrected chi connectivity index (χ2v) is 3.52. The van der Waals surface area contributed by atoms with Crippen LogP contribution in [0, 0.1) is 0 Å². The number of aliphatic hydroxyl groups is 4. The number of rotatable bonds is 6. The van der Waals surface area contributed by atoms with E-state index in [1.54, 1.807) is 0 Å². The van der Waals surface area contributed by atoms with Crippen LogP contribution in [-0.2, 0) is 19.4 Å². The SMILES string of the molecule is O=C(CO)C(O)C(O)C(O)OS(=O)(=O)O. The molecule has 0 aromatic carbocycles. The van der Waals surface area contributed by atoms with Crippen molar-refractivity contribution in [2.24, 2.45) is 0 Å². The summed E-state index contributed by atoms with van der Waals surface area (Å²) < 4.78 is 31.6. The summed E-state index contributed by atoms with van der Waals surface area (Å²) in [6, 6.07) is 0. The van der Waals surface area contributed by atoms with Crippen LogP contribution in [0.3, 0.4) is 0 Å². The maximum atomic E-state index is 10.6. The smallest absolute Gasteiger partial charge is 0.388 e. The van der Waals surface area contributed by atoms with E-state index >= 15 is 0 Å². The Kier molecular flexibility index (Phi) is 5.23. The zero-order chi connectivity index (χ0) is 12.2. The molecule has 3 atom stereocenters. The first-order valence-corrected chi connectivity index (χ1v) is 4.89. The molecule has 0 bridgehead atoms. The third-order valence-electron chi connectivity index (χ3n) is 1.32. The lowest BCUT2D eigenvalue weighted by atomic mass is 10.1. The van der Waals surface area contributed by atoms with E-state index in [4.69, 9.17) is 25.0 Å². The van der Waals surface area contributed by atoms with Crippen LogP contribution in [0.25, 0.3) is 0 Å². The largest absolute Gasteiger partial charge is 0.399 e. The maximum absolute atomic E-state index is 10.6. The molecule has 0 aromatic rings.